The molecule has 1 aliphatic rings. The molecule has 0 spiro atoms. The van der Waals surface area contributed by atoms with Crippen LogP contribution in [0.25, 0.3) is 0 Å². The Bertz CT molecular complexity index is 542. The van der Waals surface area contributed by atoms with Crippen molar-refractivity contribution in [1.82, 2.24) is 10.2 Å². The molecule has 0 amide bonds. The van der Waals surface area contributed by atoms with E-state index in [1.807, 2.05) is 19.2 Å². The van der Waals surface area contributed by atoms with Crippen LogP contribution < -0.4 is 14.8 Å². The third-order valence-corrected chi connectivity index (χ3v) is 4.27. The van der Waals surface area contributed by atoms with Crippen molar-refractivity contribution >= 4 is 5.96 Å². The van der Waals surface area contributed by atoms with Gasteiger partial charge in [0, 0.05) is 39.7 Å². The van der Waals surface area contributed by atoms with Gasteiger partial charge >= 0.3 is 0 Å². The molecule has 1 fully saturated rings. The Kier molecular flexibility index (Phi) is 7.18. The molecule has 2 rings (SSSR count). The van der Waals surface area contributed by atoms with Crippen molar-refractivity contribution in [2.45, 2.75) is 12.8 Å². The first kappa shape index (κ1) is 18.4. The molecule has 0 aromatic heterocycles. The quantitative estimate of drug-likeness (QED) is 0.608. The van der Waals surface area contributed by atoms with Gasteiger partial charge in [0.25, 0.3) is 0 Å². The van der Waals surface area contributed by atoms with E-state index in [2.05, 4.69) is 28.3 Å². The fourth-order valence-electron chi connectivity index (χ4n) is 2.94. The standard InChI is InChI=1S/C18H29N3O3/c1-19-18(21(2)12-15-8-10-24-13-15)20-9-7-14-5-6-16(22-3)17(11-14)23-4/h5-6,11,15H,7-10,12-13H2,1-4H3,(H,19,20). The summed E-state index contributed by atoms with van der Waals surface area (Å²) in [6.45, 7) is 3.51. The number of nitrogens with one attached hydrogen (secondary N) is 1. The van der Waals surface area contributed by atoms with Crippen molar-refractivity contribution in [2.24, 2.45) is 10.9 Å². The second-order valence-corrected chi connectivity index (χ2v) is 6.02. The Morgan fingerprint density at radius 2 is 2.12 bits per heavy atom. The molecular weight excluding hydrogens is 306 g/mol. The summed E-state index contributed by atoms with van der Waals surface area (Å²) in [4.78, 5) is 6.54. The maximum absolute atomic E-state index is 5.44. The van der Waals surface area contributed by atoms with Gasteiger partial charge in [0.05, 0.1) is 20.8 Å². The summed E-state index contributed by atoms with van der Waals surface area (Å²) in [5.41, 5.74) is 1.20. The topological polar surface area (TPSA) is 55.3 Å². The monoisotopic (exact) mass is 335 g/mol. The van der Waals surface area contributed by atoms with Gasteiger partial charge in [-0.05, 0) is 30.5 Å². The van der Waals surface area contributed by atoms with Gasteiger partial charge in [0.2, 0.25) is 0 Å². The van der Waals surface area contributed by atoms with Crippen molar-refractivity contribution < 1.29 is 14.2 Å². The van der Waals surface area contributed by atoms with Crippen LogP contribution in [0.1, 0.15) is 12.0 Å². The predicted molar refractivity (Wildman–Crippen MR) is 96.2 cm³/mol. The van der Waals surface area contributed by atoms with Gasteiger partial charge in [-0.2, -0.15) is 0 Å². The molecule has 1 aromatic rings. The Balaban J connectivity index is 1.82. The number of guanidine groups is 1. The Labute approximate surface area is 144 Å². The normalized spacial score (nSPS) is 17.7. The largest absolute Gasteiger partial charge is 0.493 e. The van der Waals surface area contributed by atoms with Gasteiger partial charge in [0.15, 0.2) is 17.5 Å². The van der Waals surface area contributed by atoms with E-state index in [0.717, 1.165) is 56.6 Å². The van der Waals surface area contributed by atoms with Gasteiger partial charge in [-0.25, -0.2) is 0 Å². The zero-order chi connectivity index (χ0) is 17.4. The molecule has 1 saturated heterocycles. The minimum Gasteiger partial charge on any atom is -0.493 e. The van der Waals surface area contributed by atoms with Crippen molar-refractivity contribution in [3.05, 3.63) is 23.8 Å². The zero-order valence-corrected chi connectivity index (χ0v) is 15.2. The van der Waals surface area contributed by atoms with E-state index in [1.54, 1.807) is 14.2 Å². The fourth-order valence-corrected chi connectivity index (χ4v) is 2.94. The number of ether oxygens (including phenoxy) is 3. The van der Waals surface area contributed by atoms with Gasteiger partial charge < -0.3 is 24.4 Å². The maximum Gasteiger partial charge on any atom is 0.193 e. The summed E-state index contributed by atoms with van der Waals surface area (Å²) in [5.74, 6) is 3.03. The van der Waals surface area contributed by atoms with Crippen LogP contribution in [0, 0.1) is 5.92 Å². The molecule has 1 aromatic carbocycles. The molecule has 1 heterocycles. The number of nitrogens with zero attached hydrogens (tertiary/aromatic N) is 2. The molecule has 134 valence electrons. The highest BCUT2D eigenvalue weighted by Gasteiger charge is 2.18. The van der Waals surface area contributed by atoms with Crippen LogP contribution in [0.4, 0.5) is 0 Å². The van der Waals surface area contributed by atoms with Crippen molar-refractivity contribution in [1.29, 1.82) is 0 Å². The minimum absolute atomic E-state index is 0.597. The van der Waals surface area contributed by atoms with E-state index in [-0.39, 0.29) is 0 Å². The van der Waals surface area contributed by atoms with E-state index < -0.39 is 0 Å². The average molecular weight is 335 g/mol. The van der Waals surface area contributed by atoms with Gasteiger partial charge in [-0.15, -0.1) is 0 Å². The second kappa shape index (κ2) is 9.37. The first-order chi connectivity index (χ1) is 11.7. The highest BCUT2D eigenvalue weighted by molar-refractivity contribution is 5.79. The Morgan fingerprint density at radius 1 is 1.33 bits per heavy atom. The fraction of sp³-hybridized carbons (Fsp3) is 0.611. The van der Waals surface area contributed by atoms with E-state index in [1.165, 1.54) is 5.56 Å². The maximum atomic E-state index is 5.44. The summed E-state index contributed by atoms with van der Waals surface area (Å²) >= 11 is 0. The summed E-state index contributed by atoms with van der Waals surface area (Å²) in [5, 5.41) is 3.42. The number of benzene rings is 1. The average Bonchev–Trinajstić information content (AvgIpc) is 3.11. The highest BCUT2D eigenvalue weighted by atomic mass is 16.5. The van der Waals surface area contributed by atoms with Crippen LogP contribution in [-0.2, 0) is 11.2 Å². The van der Waals surface area contributed by atoms with Crippen LogP contribution in [-0.4, -0.2) is 65.5 Å². The first-order valence-corrected chi connectivity index (χ1v) is 8.38. The highest BCUT2D eigenvalue weighted by Crippen LogP contribution is 2.27. The molecule has 0 bridgehead atoms. The number of hydrogen-bond donors (Lipinski definition) is 1. The molecule has 1 N–H and O–H groups in total. The molecule has 0 saturated carbocycles. The molecule has 6 nitrogen and oxygen atoms in total. The summed E-state index contributed by atoms with van der Waals surface area (Å²) in [6, 6.07) is 6.02. The minimum atomic E-state index is 0.597. The second-order valence-electron chi connectivity index (χ2n) is 6.02. The zero-order valence-electron chi connectivity index (χ0n) is 15.2. The molecule has 24 heavy (non-hydrogen) atoms. The van der Waals surface area contributed by atoms with Gasteiger partial charge in [-0.3, -0.25) is 4.99 Å². The van der Waals surface area contributed by atoms with Crippen LogP contribution >= 0.6 is 0 Å². The van der Waals surface area contributed by atoms with Gasteiger partial charge in [-0.1, -0.05) is 6.07 Å². The smallest absolute Gasteiger partial charge is 0.193 e. The van der Waals surface area contributed by atoms with Crippen molar-refractivity contribution in [2.75, 3.05) is 54.6 Å². The molecule has 6 heteroatoms. The number of rotatable bonds is 7. The molecule has 0 aliphatic carbocycles. The SMILES string of the molecule is CN=C(NCCc1ccc(OC)c(OC)c1)N(C)CC1CCOC1. The lowest BCUT2D eigenvalue weighted by Gasteiger charge is -2.24. The lowest BCUT2D eigenvalue weighted by molar-refractivity contribution is 0.181. The molecular formula is C18H29N3O3. The predicted octanol–water partition coefficient (Wildman–Crippen LogP) is 1.79. The molecule has 1 aliphatic heterocycles. The van der Waals surface area contributed by atoms with Crippen molar-refractivity contribution in [3.8, 4) is 11.5 Å². The van der Waals surface area contributed by atoms with E-state index in [0.29, 0.717) is 5.92 Å². The lowest BCUT2D eigenvalue weighted by Crippen LogP contribution is -2.42. The van der Waals surface area contributed by atoms with Crippen LogP contribution in [0.15, 0.2) is 23.2 Å². The lowest BCUT2D eigenvalue weighted by atomic mass is 10.1. The van der Waals surface area contributed by atoms with E-state index in [4.69, 9.17) is 14.2 Å². The molecule has 1 atom stereocenters. The Morgan fingerprint density at radius 3 is 2.75 bits per heavy atom. The van der Waals surface area contributed by atoms with Crippen LogP contribution in [0.3, 0.4) is 0 Å². The van der Waals surface area contributed by atoms with E-state index >= 15 is 0 Å². The first-order valence-electron chi connectivity index (χ1n) is 8.38. The summed E-state index contributed by atoms with van der Waals surface area (Å²) in [6.07, 6.45) is 2.02. The Hall–Kier alpha value is -1.95. The number of aliphatic imine (C=N–C) groups is 1. The van der Waals surface area contributed by atoms with Crippen molar-refractivity contribution in [3.63, 3.8) is 0 Å². The third-order valence-electron chi connectivity index (χ3n) is 4.27. The number of methoxy groups -OCH3 is 2. The summed E-state index contributed by atoms with van der Waals surface area (Å²) < 4.78 is 16.1. The van der Waals surface area contributed by atoms with E-state index in [9.17, 15) is 0 Å². The van der Waals surface area contributed by atoms with Crippen LogP contribution in [0.5, 0.6) is 11.5 Å². The summed E-state index contributed by atoms with van der Waals surface area (Å²) in [7, 11) is 7.20. The molecule has 0 radical (unpaired) electrons. The third kappa shape index (κ3) is 5.03. The number of hydrogen-bond acceptors (Lipinski definition) is 4. The molecule has 1 unspecified atom stereocenters. The van der Waals surface area contributed by atoms with Crippen LogP contribution in [0.2, 0.25) is 0 Å². The van der Waals surface area contributed by atoms with Gasteiger partial charge in [0.1, 0.15) is 0 Å².